The van der Waals surface area contributed by atoms with Crippen LogP contribution in [0, 0.1) is 11.2 Å². The van der Waals surface area contributed by atoms with Crippen molar-refractivity contribution >= 4 is 29.2 Å². The van der Waals surface area contributed by atoms with Gasteiger partial charge in [-0.25, -0.2) is 4.39 Å². The van der Waals surface area contributed by atoms with Gasteiger partial charge in [-0.2, -0.15) is 0 Å². The molecule has 148 valence electrons. The molecule has 0 spiro atoms. The van der Waals surface area contributed by atoms with E-state index in [9.17, 15) is 14.0 Å². The standard InChI is InChI=1S/C21H22ClFN2O3/c1-4-28-20(27)21(2,3)11-25-12-24-17-10-13(8-9-14(17)19(25)26)18-15(22)6-5-7-16(18)23/h5-10,24H,4,11-12H2,1-3H3. The lowest BCUT2D eigenvalue weighted by molar-refractivity contribution is -0.154. The minimum absolute atomic E-state index is 0.197. The normalized spacial score (nSPS) is 13.8. The molecule has 0 unspecified atom stereocenters. The summed E-state index contributed by atoms with van der Waals surface area (Å²) in [5.41, 5.74) is 1.12. The van der Waals surface area contributed by atoms with E-state index in [1.54, 1.807) is 56.0 Å². The number of anilines is 1. The molecule has 1 aliphatic rings. The molecular formula is C21H22ClFN2O3. The third-order valence-corrected chi connectivity index (χ3v) is 4.98. The van der Waals surface area contributed by atoms with Gasteiger partial charge in [0.25, 0.3) is 5.91 Å². The number of carbonyl (C=O) groups excluding carboxylic acids is 2. The third kappa shape index (κ3) is 3.83. The van der Waals surface area contributed by atoms with Gasteiger partial charge in [0, 0.05) is 17.8 Å². The summed E-state index contributed by atoms with van der Waals surface area (Å²) in [6, 6.07) is 9.54. The average molecular weight is 405 g/mol. The van der Waals surface area contributed by atoms with Crippen molar-refractivity contribution in [2.45, 2.75) is 20.8 Å². The Kier molecular flexibility index (Phi) is 5.61. The van der Waals surface area contributed by atoms with Crippen molar-refractivity contribution < 1.29 is 18.7 Å². The number of amides is 1. The number of benzene rings is 2. The van der Waals surface area contributed by atoms with E-state index in [0.29, 0.717) is 34.0 Å². The van der Waals surface area contributed by atoms with Crippen LogP contribution >= 0.6 is 11.6 Å². The van der Waals surface area contributed by atoms with E-state index in [2.05, 4.69) is 5.32 Å². The van der Waals surface area contributed by atoms with E-state index < -0.39 is 11.2 Å². The van der Waals surface area contributed by atoms with Crippen molar-refractivity contribution in [3.8, 4) is 11.1 Å². The van der Waals surface area contributed by atoms with E-state index >= 15 is 0 Å². The number of hydrogen-bond acceptors (Lipinski definition) is 4. The lowest BCUT2D eigenvalue weighted by atomic mass is 9.92. The Hall–Kier alpha value is -2.60. The number of carbonyl (C=O) groups is 2. The SMILES string of the molecule is CCOC(=O)C(C)(C)CN1CNc2cc(-c3c(F)cccc3Cl)ccc2C1=O. The predicted molar refractivity (Wildman–Crippen MR) is 107 cm³/mol. The molecule has 0 aromatic heterocycles. The molecule has 2 aromatic carbocycles. The molecule has 0 fully saturated rings. The van der Waals surface area contributed by atoms with Crippen LogP contribution in [-0.2, 0) is 9.53 Å². The molecule has 0 aliphatic carbocycles. The molecule has 3 rings (SSSR count). The fourth-order valence-corrected chi connectivity index (χ4v) is 3.50. The summed E-state index contributed by atoms with van der Waals surface area (Å²) in [4.78, 5) is 26.6. The van der Waals surface area contributed by atoms with Gasteiger partial charge in [-0.1, -0.05) is 23.7 Å². The van der Waals surface area contributed by atoms with Crippen molar-refractivity contribution in [1.82, 2.24) is 4.90 Å². The van der Waals surface area contributed by atoms with Crippen LogP contribution in [0.1, 0.15) is 31.1 Å². The summed E-state index contributed by atoms with van der Waals surface area (Å²) in [6.45, 7) is 5.99. The van der Waals surface area contributed by atoms with Gasteiger partial charge in [0.2, 0.25) is 0 Å². The lowest BCUT2D eigenvalue weighted by Gasteiger charge is -2.35. The van der Waals surface area contributed by atoms with Crippen LogP contribution < -0.4 is 5.32 Å². The lowest BCUT2D eigenvalue weighted by Crippen LogP contribution is -2.47. The molecule has 1 amide bonds. The quantitative estimate of drug-likeness (QED) is 0.742. The van der Waals surface area contributed by atoms with E-state index in [-0.39, 0.29) is 25.1 Å². The Labute approximate surface area is 168 Å². The molecule has 0 bridgehead atoms. The molecule has 28 heavy (non-hydrogen) atoms. The summed E-state index contributed by atoms with van der Waals surface area (Å²) in [6.07, 6.45) is 0. The number of rotatable bonds is 5. The second-order valence-corrected chi connectivity index (χ2v) is 7.71. The highest BCUT2D eigenvalue weighted by Gasteiger charge is 2.35. The summed E-state index contributed by atoms with van der Waals surface area (Å²) in [5.74, 6) is -0.970. The Morgan fingerprint density at radius 1 is 1.32 bits per heavy atom. The largest absolute Gasteiger partial charge is 0.466 e. The summed E-state index contributed by atoms with van der Waals surface area (Å²) in [7, 11) is 0. The second-order valence-electron chi connectivity index (χ2n) is 7.30. The first-order chi connectivity index (χ1) is 13.2. The van der Waals surface area contributed by atoms with Gasteiger partial charge in [-0.05, 0) is 50.6 Å². The summed E-state index contributed by atoms with van der Waals surface area (Å²) in [5, 5.41) is 3.48. The number of nitrogens with zero attached hydrogens (tertiary/aromatic N) is 1. The van der Waals surface area contributed by atoms with Crippen LogP contribution in [0.4, 0.5) is 10.1 Å². The molecule has 1 aliphatic heterocycles. The third-order valence-electron chi connectivity index (χ3n) is 4.66. The first-order valence-corrected chi connectivity index (χ1v) is 9.41. The van der Waals surface area contributed by atoms with Crippen LogP contribution in [0.5, 0.6) is 0 Å². The number of nitrogens with one attached hydrogen (secondary N) is 1. The zero-order valence-electron chi connectivity index (χ0n) is 16.0. The molecular weight excluding hydrogens is 383 g/mol. The molecule has 0 saturated carbocycles. The molecule has 7 heteroatoms. The second kappa shape index (κ2) is 7.80. The first-order valence-electron chi connectivity index (χ1n) is 9.03. The Bertz CT molecular complexity index is 910. The first kappa shape index (κ1) is 20.1. The van der Waals surface area contributed by atoms with Gasteiger partial charge in [-0.3, -0.25) is 9.59 Å². The summed E-state index contributed by atoms with van der Waals surface area (Å²) < 4.78 is 19.3. The Morgan fingerprint density at radius 3 is 2.75 bits per heavy atom. The van der Waals surface area contributed by atoms with Crippen molar-refractivity contribution in [3.63, 3.8) is 0 Å². The highest BCUT2D eigenvalue weighted by Crippen LogP contribution is 2.35. The molecule has 5 nitrogen and oxygen atoms in total. The van der Waals surface area contributed by atoms with Gasteiger partial charge in [0.05, 0.1) is 29.3 Å². The van der Waals surface area contributed by atoms with Crippen LogP contribution in [0.25, 0.3) is 11.1 Å². The van der Waals surface area contributed by atoms with Crippen molar-refractivity contribution in [2.75, 3.05) is 25.1 Å². The number of hydrogen-bond donors (Lipinski definition) is 1. The maximum Gasteiger partial charge on any atom is 0.313 e. The maximum atomic E-state index is 14.2. The van der Waals surface area contributed by atoms with Crippen LogP contribution in [0.15, 0.2) is 36.4 Å². The molecule has 2 aromatic rings. The average Bonchev–Trinajstić information content (AvgIpc) is 2.64. The minimum Gasteiger partial charge on any atom is -0.466 e. The topological polar surface area (TPSA) is 58.6 Å². The fourth-order valence-electron chi connectivity index (χ4n) is 3.22. The zero-order chi connectivity index (χ0) is 20.5. The number of esters is 1. The summed E-state index contributed by atoms with van der Waals surface area (Å²) >= 11 is 6.15. The van der Waals surface area contributed by atoms with Crippen molar-refractivity contribution in [3.05, 3.63) is 52.8 Å². The van der Waals surface area contributed by atoms with Crippen molar-refractivity contribution in [2.24, 2.45) is 5.41 Å². The van der Waals surface area contributed by atoms with Gasteiger partial charge >= 0.3 is 5.97 Å². The van der Waals surface area contributed by atoms with E-state index in [4.69, 9.17) is 16.3 Å². The van der Waals surface area contributed by atoms with E-state index in [1.165, 1.54) is 6.07 Å². The molecule has 0 atom stereocenters. The number of ether oxygens (including phenoxy) is 1. The molecule has 1 heterocycles. The van der Waals surface area contributed by atoms with Gasteiger partial charge in [-0.15, -0.1) is 0 Å². The van der Waals surface area contributed by atoms with Gasteiger partial charge < -0.3 is 15.0 Å². The molecule has 0 radical (unpaired) electrons. The zero-order valence-corrected chi connectivity index (χ0v) is 16.8. The number of halogens is 2. The van der Waals surface area contributed by atoms with Crippen LogP contribution in [-0.4, -0.2) is 36.6 Å². The predicted octanol–water partition coefficient (Wildman–Crippen LogP) is 4.56. The monoisotopic (exact) mass is 404 g/mol. The minimum atomic E-state index is -0.828. The molecule has 1 N–H and O–H groups in total. The van der Waals surface area contributed by atoms with Crippen LogP contribution in [0.3, 0.4) is 0 Å². The Balaban J connectivity index is 1.86. The fraction of sp³-hybridized carbons (Fsp3) is 0.333. The van der Waals surface area contributed by atoms with Gasteiger partial charge in [0.15, 0.2) is 0 Å². The molecule has 0 saturated heterocycles. The smallest absolute Gasteiger partial charge is 0.313 e. The van der Waals surface area contributed by atoms with E-state index in [0.717, 1.165) is 0 Å². The van der Waals surface area contributed by atoms with Gasteiger partial charge in [0.1, 0.15) is 5.82 Å². The highest BCUT2D eigenvalue weighted by molar-refractivity contribution is 6.33. The van der Waals surface area contributed by atoms with Crippen molar-refractivity contribution in [1.29, 1.82) is 0 Å². The number of fused-ring (bicyclic) bond motifs is 1. The maximum absolute atomic E-state index is 14.2. The Morgan fingerprint density at radius 2 is 2.07 bits per heavy atom. The highest BCUT2D eigenvalue weighted by atomic mass is 35.5. The van der Waals surface area contributed by atoms with Crippen LogP contribution in [0.2, 0.25) is 5.02 Å². The van der Waals surface area contributed by atoms with E-state index in [1.807, 2.05) is 0 Å².